The van der Waals surface area contributed by atoms with Gasteiger partial charge in [0.15, 0.2) is 5.76 Å². The van der Waals surface area contributed by atoms with E-state index in [1.165, 1.54) is 0 Å². The number of nitrogens with zero attached hydrogens (tertiary/aromatic N) is 1. The summed E-state index contributed by atoms with van der Waals surface area (Å²) in [6.45, 7) is 4.00. The first kappa shape index (κ1) is 11.7. The lowest BCUT2D eigenvalue weighted by molar-refractivity contribution is 0.186. The summed E-state index contributed by atoms with van der Waals surface area (Å²) >= 11 is 0. The quantitative estimate of drug-likeness (QED) is 0.881. The standard InChI is InChI=1S/C13H15NO3/c1-9-3-4-12(10(2)15)13(7-9)16-8-11-5-6-14-17-11/h3-7,10,15H,8H2,1-2H3. The number of ether oxygens (including phenoxy) is 1. The summed E-state index contributed by atoms with van der Waals surface area (Å²) in [5.41, 5.74) is 1.86. The van der Waals surface area contributed by atoms with Crippen LogP contribution in [-0.4, -0.2) is 10.3 Å². The molecule has 90 valence electrons. The Morgan fingerprint density at radius 3 is 2.88 bits per heavy atom. The fraction of sp³-hybridized carbons (Fsp3) is 0.308. The van der Waals surface area contributed by atoms with Crippen LogP contribution in [0, 0.1) is 6.92 Å². The van der Waals surface area contributed by atoms with Crippen LogP contribution in [0.5, 0.6) is 5.75 Å². The molecule has 1 unspecified atom stereocenters. The molecule has 0 aliphatic heterocycles. The number of rotatable bonds is 4. The monoisotopic (exact) mass is 233 g/mol. The molecule has 2 aromatic rings. The SMILES string of the molecule is Cc1ccc(C(C)O)c(OCc2ccno2)c1. The van der Waals surface area contributed by atoms with E-state index in [4.69, 9.17) is 9.26 Å². The fourth-order valence-electron chi connectivity index (χ4n) is 1.58. The van der Waals surface area contributed by atoms with Gasteiger partial charge in [0.1, 0.15) is 12.4 Å². The molecule has 0 saturated carbocycles. The summed E-state index contributed by atoms with van der Waals surface area (Å²) in [5, 5.41) is 13.2. The van der Waals surface area contributed by atoms with Gasteiger partial charge in [0.25, 0.3) is 0 Å². The molecule has 1 N–H and O–H groups in total. The lowest BCUT2D eigenvalue weighted by Crippen LogP contribution is -2.00. The van der Waals surface area contributed by atoms with Gasteiger partial charge >= 0.3 is 0 Å². The molecule has 1 aromatic heterocycles. The molecule has 2 rings (SSSR count). The Bertz CT molecular complexity index is 477. The summed E-state index contributed by atoms with van der Waals surface area (Å²) in [7, 11) is 0. The summed E-state index contributed by atoms with van der Waals surface area (Å²) in [6.07, 6.45) is 1.02. The highest BCUT2D eigenvalue weighted by Gasteiger charge is 2.10. The van der Waals surface area contributed by atoms with Crippen molar-refractivity contribution in [3.8, 4) is 5.75 Å². The second-order valence-corrected chi connectivity index (χ2v) is 3.98. The number of hydrogen-bond donors (Lipinski definition) is 1. The first-order chi connectivity index (χ1) is 8.16. The number of hydrogen-bond acceptors (Lipinski definition) is 4. The Morgan fingerprint density at radius 1 is 1.41 bits per heavy atom. The number of aliphatic hydroxyl groups excluding tert-OH is 1. The number of aryl methyl sites for hydroxylation is 1. The van der Waals surface area contributed by atoms with Gasteiger partial charge in [-0.05, 0) is 25.5 Å². The van der Waals surface area contributed by atoms with Crippen LogP contribution in [0.25, 0.3) is 0 Å². The molecular formula is C13H15NO3. The van der Waals surface area contributed by atoms with E-state index in [-0.39, 0.29) is 0 Å². The molecule has 4 nitrogen and oxygen atoms in total. The minimum atomic E-state index is -0.555. The van der Waals surface area contributed by atoms with Crippen LogP contribution >= 0.6 is 0 Å². The van der Waals surface area contributed by atoms with Crippen molar-refractivity contribution in [3.05, 3.63) is 47.3 Å². The number of benzene rings is 1. The normalized spacial score (nSPS) is 12.4. The average Bonchev–Trinajstić information content (AvgIpc) is 2.78. The van der Waals surface area contributed by atoms with Gasteiger partial charge in [0, 0.05) is 11.6 Å². The Kier molecular flexibility index (Phi) is 3.44. The highest BCUT2D eigenvalue weighted by molar-refractivity contribution is 5.38. The van der Waals surface area contributed by atoms with Crippen molar-refractivity contribution in [2.45, 2.75) is 26.6 Å². The molecule has 0 aliphatic carbocycles. The van der Waals surface area contributed by atoms with Crippen molar-refractivity contribution >= 4 is 0 Å². The molecule has 0 saturated heterocycles. The Morgan fingerprint density at radius 2 is 2.24 bits per heavy atom. The van der Waals surface area contributed by atoms with E-state index in [9.17, 15) is 5.11 Å². The van der Waals surface area contributed by atoms with E-state index in [0.29, 0.717) is 18.1 Å². The van der Waals surface area contributed by atoms with Gasteiger partial charge < -0.3 is 14.4 Å². The average molecular weight is 233 g/mol. The third-order valence-corrected chi connectivity index (χ3v) is 2.48. The van der Waals surface area contributed by atoms with Crippen LogP contribution in [0.3, 0.4) is 0 Å². The Labute approximate surface area is 99.8 Å². The molecule has 0 bridgehead atoms. The molecule has 17 heavy (non-hydrogen) atoms. The summed E-state index contributed by atoms with van der Waals surface area (Å²) < 4.78 is 10.6. The number of aliphatic hydroxyl groups is 1. The van der Waals surface area contributed by atoms with Crippen LogP contribution in [0.4, 0.5) is 0 Å². The molecule has 0 aliphatic rings. The van der Waals surface area contributed by atoms with E-state index in [1.54, 1.807) is 19.2 Å². The zero-order valence-corrected chi connectivity index (χ0v) is 9.88. The van der Waals surface area contributed by atoms with Crippen LogP contribution in [0.15, 0.2) is 35.0 Å². The maximum atomic E-state index is 9.64. The van der Waals surface area contributed by atoms with Crippen molar-refractivity contribution in [1.29, 1.82) is 0 Å². The maximum Gasteiger partial charge on any atom is 0.174 e. The molecular weight excluding hydrogens is 218 g/mol. The Balaban J connectivity index is 2.16. The molecule has 0 amide bonds. The molecule has 1 aromatic carbocycles. The zero-order valence-electron chi connectivity index (χ0n) is 9.88. The van der Waals surface area contributed by atoms with Gasteiger partial charge in [0.05, 0.1) is 12.3 Å². The van der Waals surface area contributed by atoms with Crippen LogP contribution in [0.1, 0.15) is 29.9 Å². The van der Waals surface area contributed by atoms with Crippen LogP contribution in [0.2, 0.25) is 0 Å². The van der Waals surface area contributed by atoms with Gasteiger partial charge in [0.2, 0.25) is 0 Å². The number of aromatic nitrogens is 1. The van der Waals surface area contributed by atoms with Crippen molar-refractivity contribution in [2.75, 3.05) is 0 Å². The predicted octanol–water partition coefficient (Wildman–Crippen LogP) is 2.62. The zero-order chi connectivity index (χ0) is 12.3. The third kappa shape index (κ3) is 2.85. The van der Waals surface area contributed by atoms with Gasteiger partial charge in [-0.25, -0.2) is 0 Å². The Hall–Kier alpha value is -1.81. The molecule has 0 fully saturated rings. The lowest BCUT2D eigenvalue weighted by atomic mass is 10.1. The summed E-state index contributed by atoms with van der Waals surface area (Å²) in [5.74, 6) is 1.33. The van der Waals surface area contributed by atoms with E-state index >= 15 is 0 Å². The van der Waals surface area contributed by atoms with Gasteiger partial charge in [-0.2, -0.15) is 0 Å². The topological polar surface area (TPSA) is 55.5 Å². The van der Waals surface area contributed by atoms with Gasteiger partial charge in [-0.3, -0.25) is 0 Å². The second-order valence-electron chi connectivity index (χ2n) is 3.98. The molecule has 1 heterocycles. The minimum absolute atomic E-state index is 0.309. The summed E-state index contributed by atoms with van der Waals surface area (Å²) in [6, 6.07) is 7.47. The molecule has 4 heteroatoms. The first-order valence-electron chi connectivity index (χ1n) is 5.48. The first-order valence-corrected chi connectivity index (χ1v) is 5.48. The predicted molar refractivity (Wildman–Crippen MR) is 62.6 cm³/mol. The molecule has 1 atom stereocenters. The minimum Gasteiger partial charge on any atom is -0.485 e. The van der Waals surface area contributed by atoms with Gasteiger partial charge in [-0.15, -0.1) is 0 Å². The third-order valence-electron chi connectivity index (χ3n) is 2.48. The highest BCUT2D eigenvalue weighted by atomic mass is 16.5. The second kappa shape index (κ2) is 5.01. The van der Waals surface area contributed by atoms with Crippen molar-refractivity contribution in [1.82, 2.24) is 5.16 Å². The highest BCUT2D eigenvalue weighted by Crippen LogP contribution is 2.26. The van der Waals surface area contributed by atoms with Crippen molar-refractivity contribution in [2.24, 2.45) is 0 Å². The lowest BCUT2D eigenvalue weighted by Gasteiger charge is -2.13. The fourth-order valence-corrected chi connectivity index (χ4v) is 1.58. The smallest absolute Gasteiger partial charge is 0.174 e. The summed E-state index contributed by atoms with van der Waals surface area (Å²) in [4.78, 5) is 0. The maximum absolute atomic E-state index is 9.64. The van der Waals surface area contributed by atoms with E-state index in [2.05, 4.69) is 5.16 Å². The van der Waals surface area contributed by atoms with Crippen LogP contribution < -0.4 is 4.74 Å². The molecule has 0 radical (unpaired) electrons. The van der Waals surface area contributed by atoms with Crippen LogP contribution in [-0.2, 0) is 6.61 Å². The van der Waals surface area contributed by atoms with Crippen molar-refractivity contribution in [3.63, 3.8) is 0 Å². The molecule has 0 spiro atoms. The van der Waals surface area contributed by atoms with E-state index in [0.717, 1.165) is 11.1 Å². The largest absolute Gasteiger partial charge is 0.485 e. The van der Waals surface area contributed by atoms with Gasteiger partial charge in [-0.1, -0.05) is 17.3 Å². The van der Waals surface area contributed by atoms with E-state index < -0.39 is 6.10 Å². The van der Waals surface area contributed by atoms with E-state index in [1.807, 2.05) is 25.1 Å². The van der Waals surface area contributed by atoms with Crippen molar-refractivity contribution < 1.29 is 14.4 Å².